The van der Waals surface area contributed by atoms with Gasteiger partial charge in [0, 0.05) is 17.1 Å². The Morgan fingerprint density at radius 3 is 2.93 bits per heavy atom. The van der Waals surface area contributed by atoms with Crippen LogP contribution in [-0.4, -0.2) is 11.4 Å². The van der Waals surface area contributed by atoms with Gasteiger partial charge in [-0.3, -0.25) is 4.79 Å². The molecule has 1 amide bonds. The maximum Gasteiger partial charge on any atom is 0.230 e. The summed E-state index contributed by atoms with van der Waals surface area (Å²) in [5.74, 6) is 0.478. The largest absolute Gasteiger partial charge is 0.306 e. The van der Waals surface area contributed by atoms with Crippen molar-refractivity contribution in [3.8, 4) is 0 Å². The number of fused-ring (bicyclic) bond motifs is 3. The van der Waals surface area contributed by atoms with Crippen LogP contribution >= 0.6 is 0 Å². The Kier molecular flexibility index (Phi) is 1.57. The quantitative estimate of drug-likeness (QED) is 0.631. The first-order valence-corrected chi connectivity index (χ1v) is 5.54. The van der Waals surface area contributed by atoms with E-state index in [1.807, 2.05) is 17.9 Å². The molecule has 2 nitrogen and oxygen atoms in total. The zero-order valence-corrected chi connectivity index (χ0v) is 9.16. The number of hydrogen-bond donors (Lipinski definition) is 0. The van der Waals surface area contributed by atoms with Gasteiger partial charge in [0.05, 0.1) is 0 Å². The van der Waals surface area contributed by atoms with E-state index < -0.39 is 0 Å². The molecule has 0 saturated carbocycles. The molecule has 2 aliphatic rings. The van der Waals surface area contributed by atoms with Gasteiger partial charge < -0.3 is 4.90 Å². The Balaban J connectivity index is 2.15. The van der Waals surface area contributed by atoms with Crippen LogP contribution in [0.2, 0.25) is 0 Å². The molecule has 2 heteroatoms. The normalized spacial score (nSPS) is 33.1. The molecule has 0 radical (unpaired) electrons. The van der Waals surface area contributed by atoms with Gasteiger partial charge in [-0.15, -0.1) is 0 Å². The van der Waals surface area contributed by atoms with Crippen LogP contribution in [0.5, 0.6) is 0 Å². The number of carbonyl (C=O) groups is 1. The second-order valence-corrected chi connectivity index (χ2v) is 5.08. The second-order valence-electron chi connectivity index (χ2n) is 5.08. The smallest absolute Gasteiger partial charge is 0.230 e. The third-order valence-electron chi connectivity index (χ3n) is 3.73. The zero-order chi connectivity index (χ0) is 10.6. The first kappa shape index (κ1) is 8.96. The number of benzene rings is 1. The average molecular weight is 201 g/mol. The summed E-state index contributed by atoms with van der Waals surface area (Å²) in [7, 11) is 0. The maximum atomic E-state index is 12.1. The Morgan fingerprint density at radius 1 is 1.40 bits per heavy atom. The number of carbonyl (C=O) groups excluding carboxylic acids is 1. The molecule has 2 unspecified atom stereocenters. The highest BCUT2D eigenvalue weighted by atomic mass is 16.2. The topological polar surface area (TPSA) is 20.3 Å². The summed E-state index contributed by atoms with van der Waals surface area (Å²) in [4.78, 5) is 14.1. The van der Waals surface area contributed by atoms with Gasteiger partial charge in [-0.25, -0.2) is 0 Å². The molecular weight excluding hydrogens is 186 g/mol. The third kappa shape index (κ3) is 1.02. The van der Waals surface area contributed by atoms with Crippen LogP contribution in [0.25, 0.3) is 0 Å². The summed E-state index contributed by atoms with van der Waals surface area (Å²) < 4.78 is 0. The summed E-state index contributed by atoms with van der Waals surface area (Å²) in [5.41, 5.74) is 2.50. The van der Waals surface area contributed by atoms with Gasteiger partial charge >= 0.3 is 0 Å². The van der Waals surface area contributed by atoms with Crippen molar-refractivity contribution < 1.29 is 4.79 Å². The van der Waals surface area contributed by atoms with Gasteiger partial charge in [-0.1, -0.05) is 25.1 Å². The van der Waals surface area contributed by atoms with Crippen LogP contribution in [0.15, 0.2) is 24.3 Å². The van der Waals surface area contributed by atoms with E-state index in [-0.39, 0.29) is 11.5 Å². The lowest BCUT2D eigenvalue weighted by Gasteiger charge is -2.27. The summed E-state index contributed by atoms with van der Waals surface area (Å²) in [6.07, 6.45) is 2.00. The van der Waals surface area contributed by atoms with E-state index in [1.165, 1.54) is 5.56 Å². The second kappa shape index (κ2) is 2.63. The Bertz CT molecular complexity index is 440. The highest BCUT2D eigenvalue weighted by Crippen LogP contribution is 2.47. The predicted octanol–water partition coefficient (Wildman–Crippen LogP) is 2.37. The van der Waals surface area contributed by atoms with Crippen LogP contribution < -0.4 is 4.90 Å². The summed E-state index contributed by atoms with van der Waals surface area (Å²) in [5, 5.41) is 0. The fraction of sp³-hybridized carbons (Fsp3) is 0.462. The highest BCUT2D eigenvalue weighted by molar-refractivity contribution is 6.01. The summed E-state index contributed by atoms with van der Waals surface area (Å²) in [6.45, 7) is 4.24. The molecule has 2 heterocycles. The molecule has 1 aromatic rings. The SMILES string of the molecule is CC1CC2(C)Cc3ccccc3N2C1=O. The molecule has 1 fully saturated rings. The number of anilines is 1. The monoisotopic (exact) mass is 201 g/mol. The van der Waals surface area contributed by atoms with E-state index in [1.54, 1.807) is 0 Å². The van der Waals surface area contributed by atoms with Crippen LogP contribution in [-0.2, 0) is 11.2 Å². The van der Waals surface area contributed by atoms with E-state index in [4.69, 9.17) is 0 Å². The standard InChI is InChI=1S/C13H15NO/c1-9-7-13(2)8-10-5-3-4-6-11(10)14(13)12(9)15/h3-6,9H,7-8H2,1-2H3. The number of hydrogen-bond acceptors (Lipinski definition) is 1. The molecule has 1 aromatic carbocycles. The molecule has 0 N–H and O–H groups in total. The Morgan fingerprint density at radius 2 is 2.13 bits per heavy atom. The molecule has 3 rings (SSSR count). The van der Waals surface area contributed by atoms with Gasteiger partial charge in [0.25, 0.3) is 0 Å². The van der Waals surface area contributed by atoms with Crippen molar-refractivity contribution in [2.75, 3.05) is 4.90 Å². The Labute approximate surface area is 89.9 Å². The molecule has 1 saturated heterocycles. The minimum atomic E-state index is 0.0419. The molecule has 0 bridgehead atoms. The van der Waals surface area contributed by atoms with E-state index in [2.05, 4.69) is 25.1 Å². The number of amides is 1. The lowest BCUT2D eigenvalue weighted by Crippen LogP contribution is -2.40. The van der Waals surface area contributed by atoms with Crippen LogP contribution in [0.1, 0.15) is 25.8 Å². The molecule has 78 valence electrons. The fourth-order valence-corrected chi connectivity index (χ4v) is 3.17. The predicted molar refractivity (Wildman–Crippen MR) is 59.8 cm³/mol. The van der Waals surface area contributed by atoms with Crippen molar-refractivity contribution in [3.05, 3.63) is 29.8 Å². The minimum absolute atomic E-state index is 0.0419. The van der Waals surface area contributed by atoms with Crippen molar-refractivity contribution in [1.82, 2.24) is 0 Å². The lowest BCUT2D eigenvalue weighted by atomic mass is 9.91. The van der Waals surface area contributed by atoms with Crippen LogP contribution in [0.3, 0.4) is 0 Å². The van der Waals surface area contributed by atoms with Crippen molar-refractivity contribution in [1.29, 1.82) is 0 Å². The first-order valence-electron chi connectivity index (χ1n) is 5.54. The van der Waals surface area contributed by atoms with Crippen molar-refractivity contribution >= 4 is 11.6 Å². The first-order chi connectivity index (χ1) is 7.12. The van der Waals surface area contributed by atoms with E-state index in [9.17, 15) is 4.79 Å². The van der Waals surface area contributed by atoms with Gasteiger partial charge in [0.1, 0.15) is 0 Å². The third-order valence-corrected chi connectivity index (χ3v) is 3.73. The number of rotatable bonds is 0. The van der Waals surface area contributed by atoms with Crippen molar-refractivity contribution in [2.45, 2.75) is 32.2 Å². The molecule has 15 heavy (non-hydrogen) atoms. The van der Waals surface area contributed by atoms with Gasteiger partial charge in [-0.05, 0) is 31.4 Å². The molecule has 2 atom stereocenters. The van der Waals surface area contributed by atoms with Gasteiger partial charge in [-0.2, -0.15) is 0 Å². The van der Waals surface area contributed by atoms with E-state index in [0.717, 1.165) is 18.5 Å². The van der Waals surface area contributed by atoms with E-state index in [0.29, 0.717) is 5.91 Å². The molecule has 0 aromatic heterocycles. The van der Waals surface area contributed by atoms with Gasteiger partial charge in [0.15, 0.2) is 0 Å². The van der Waals surface area contributed by atoms with Gasteiger partial charge in [0.2, 0.25) is 5.91 Å². The van der Waals surface area contributed by atoms with Crippen molar-refractivity contribution in [3.63, 3.8) is 0 Å². The summed E-state index contributed by atoms with van der Waals surface area (Å²) >= 11 is 0. The van der Waals surface area contributed by atoms with Crippen LogP contribution in [0, 0.1) is 5.92 Å². The molecule has 0 spiro atoms. The molecular formula is C13H15NO. The highest BCUT2D eigenvalue weighted by Gasteiger charge is 2.50. The number of para-hydroxylation sites is 1. The Hall–Kier alpha value is -1.31. The van der Waals surface area contributed by atoms with Crippen LogP contribution in [0.4, 0.5) is 5.69 Å². The molecule has 0 aliphatic carbocycles. The fourth-order valence-electron chi connectivity index (χ4n) is 3.17. The molecule has 2 aliphatic heterocycles. The average Bonchev–Trinajstić information content (AvgIpc) is 2.58. The zero-order valence-electron chi connectivity index (χ0n) is 9.16. The summed E-state index contributed by atoms with van der Waals surface area (Å²) in [6, 6.07) is 8.27. The number of nitrogens with zero attached hydrogens (tertiary/aromatic N) is 1. The van der Waals surface area contributed by atoms with Crippen molar-refractivity contribution in [2.24, 2.45) is 5.92 Å². The lowest BCUT2D eigenvalue weighted by molar-refractivity contribution is -0.120. The van der Waals surface area contributed by atoms with E-state index >= 15 is 0 Å². The maximum absolute atomic E-state index is 12.1. The minimum Gasteiger partial charge on any atom is -0.306 e.